The molecule has 0 aliphatic rings. The van der Waals surface area contributed by atoms with Crippen LogP contribution in [0.3, 0.4) is 0 Å². The summed E-state index contributed by atoms with van der Waals surface area (Å²) in [6.45, 7) is 4.81. The van der Waals surface area contributed by atoms with Gasteiger partial charge in [-0.1, -0.05) is 6.92 Å². The highest BCUT2D eigenvalue weighted by Gasteiger charge is 2.04. The van der Waals surface area contributed by atoms with Crippen molar-refractivity contribution in [2.24, 2.45) is 5.73 Å². The number of hydrogen-bond donors (Lipinski definition) is 1. The summed E-state index contributed by atoms with van der Waals surface area (Å²) in [5, 5.41) is 1.21. The molecule has 2 N–H and O–H groups in total. The predicted octanol–water partition coefficient (Wildman–Crippen LogP) is 2.16. The van der Waals surface area contributed by atoms with Gasteiger partial charge < -0.3 is 5.73 Å². The molecule has 0 radical (unpaired) electrons. The second-order valence-electron chi connectivity index (χ2n) is 2.46. The van der Waals surface area contributed by atoms with Crippen LogP contribution in [-0.2, 0) is 12.3 Å². The lowest BCUT2D eigenvalue weighted by Crippen LogP contribution is -1.94. The first-order valence-corrected chi connectivity index (χ1v) is 5.98. The van der Waals surface area contributed by atoms with Crippen molar-refractivity contribution >= 4 is 23.1 Å². The molecule has 0 aliphatic heterocycles. The second kappa shape index (κ2) is 4.84. The quantitative estimate of drug-likeness (QED) is 0.813. The van der Waals surface area contributed by atoms with E-state index < -0.39 is 0 Å². The fourth-order valence-corrected chi connectivity index (χ4v) is 2.60. The first-order valence-electron chi connectivity index (χ1n) is 4.01. The minimum Gasteiger partial charge on any atom is -0.326 e. The Labute approximate surface area is 81.6 Å². The molecule has 0 aliphatic carbocycles. The normalized spacial score (nSPS) is 10.6. The average molecular weight is 202 g/mol. The standard InChI is InChI=1S/C8H14N2S2/c1-3-11-5-8-10-6(2)7(4-9)12-8/h3-5,9H2,1-2H3. The lowest BCUT2D eigenvalue weighted by atomic mass is 10.4. The molecule has 0 spiro atoms. The number of rotatable bonds is 4. The molecule has 0 aromatic carbocycles. The molecule has 2 nitrogen and oxygen atoms in total. The van der Waals surface area contributed by atoms with Gasteiger partial charge in [-0.15, -0.1) is 11.3 Å². The Morgan fingerprint density at radius 1 is 1.58 bits per heavy atom. The van der Waals surface area contributed by atoms with Crippen LogP contribution in [0.25, 0.3) is 0 Å². The van der Waals surface area contributed by atoms with Gasteiger partial charge in [-0.3, -0.25) is 0 Å². The van der Waals surface area contributed by atoms with Crippen LogP contribution < -0.4 is 5.73 Å². The Bertz CT molecular complexity index is 245. The van der Waals surface area contributed by atoms with Crippen LogP contribution in [0.4, 0.5) is 0 Å². The van der Waals surface area contributed by atoms with Crippen molar-refractivity contribution in [1.29, 1.82) is 0 Å². The lowest BCUT2D eigenvalue weighted by molar-refractivity contribution is 1.05. The molecule has 4 heteroatoms. The van der Waals surface area contributed by atoms with Crippen molar-refractivity contribution in [3.8, 4) is 0 Å². The van der Waals surface area contributed by atoms with Gasteiger partial charge >= 0.3 is 0 Å². The Balaban J connectivity index is 2.62. The van der Waals surface area contributed by atoms with Crippen LogP contribution >= 0.6 is 23.1 Å². The van der Waals surface area contributed by atoms with Gasteiger partial charge in [-0.05, 0) is 12.7 Å². The van der Waals surface area contributed by atoms with Crippen molar-refractivity contribution in [2.75, 3.05) is 5.75 Å². The van der Waals surface area contributed by atoms with E-state index in [-0.39, 0.29) is 0 Å². The lowest BCUT2D eigenvalue weighted by Gasteiger charge is -1.90. The van der Waals surface area contributed by atoms with Gasteiger partial charge in [-0.25, -0.2) is 4.98 Å². The molecule has 1 aromatic rings. The van der Waals surface area contributed by atoms with Crippen molar-refractivity contribution < 1.29 is 0 Å². The van der Waals surface area contributed by atoms with E-state index in [1.54, 1.807) is 11.3 Å². The fraction of sp³-hybridized carbons (Fsp3) is 0.625. The summed E-state index contributed by atoms with van der Waals surface area (Å²) in [7, 11) is 0. The molecule has 12 heavy (non-hydrogen) atoms. The zero-order valence-corrected chi connectivity index (χ0v) is 9.10. The third kappa shape index (κ3) is 2.47. The van der Waals surface area contributed by atoms with Gasteiger partial charge in [-0.2, -0.15) is 11.8 Å². The molecule has 1 heterocycles. The van der Waals surface area contributed by atoms with Crippen molar-refractivity contribution in [2.45, 2.75) is 26.1 Å². The van der Waals surface area contributed by atoms with Gasteiger partial charge in [0, 0.05) is 17.2 Å². The first-order chi connectivity index (χ1) is 5.77. The minimum absolute atomic E-state index is 0.625. The fourth-order valence-electron chi connectivity index (χ4n) is 0.929. The third-order valence-corrected chi connectivity index (χ3v) is 3.80. The van der Waals surface area contributed by atoms with E-state index in [4.69, 9.17) is 5.73 Å². The molecule has 0 saturated carbocycles. The van der Waals surface area contributed by atoms with E-state index in [1.165, 1.54) is 9.88 Å². The summed E-state index contributed by atoms with van der Waals surface area (Å²) in [6, 6.07) is 0. The summed E-state index contributed by atoms with van der Waals surface area (Å²) >= 11 is 3.64. The Kier molecular flexibility index (Phi) is 4.05. The van der Waals surface area contributed by atoms with Gasteiger partial charge in [0.1, 0.15) is 5.01 Å². The maximum Gasteiger partial charge on any atom is 0.103 e. The van der Waals surface area contributed by atoms with Crippen molar-refractivity contribution in [3.05, 3.63) is 15.6 Å². The summed E-state index contributed by atoms with van der Waals surface area (Å²) in [5.41, 5.74) is 6.66. The largest absolute Gasteiger partial charge is 0.326 e. The summed E-state index contributed by atoms with van der Waals surface area (Å²) in [5.74, 6) is 2.18. The van der Waals surface area contributed by atoms with Crippen LogP contribution in [-0.4, -0.2) is 10.7 Å². The number of nitrogens with zero attached hydrogens (tertiary/aromatic N) is 1. The first kappa shape index (κ1) is 10.0. The van der Waals surface area contributed by atoms with Crippen LogP contribution in [0, 0.1) is 6.92 Å². The Morgan fingerprint density at radius 2 is 2.33 bits per heavy atom. The summed E-state index contributed by atoms with van der Waals surface area (Å²) in [6.07, 6.45) is 0. The highest BCUT2D eigenvalue weighted by molar-refractivity contribution is 7.98. The molecule has 0 atom stereocenters. The highest BCUT2D eigenvalue weighted by Crippen LogP contribution is 2.21. The van der Waals surface area contributed by atoms with Gasteiger partial charge in [0.05, 0.1) is 5.69 Å². The Hall–Kier alpha value is -0.0600. The summed E-state index contributed by atoms with van der Waals surface area (Å²) in [4.78, 5) is 5.66. The number of aromatic nitrogens is 1. The minimum atomic E-state index is 0.625. The van der Waals surface area contributed by atoms with Crippen molar-refractivity contribution in [1.82, 2.24) is 4.98 Å². The molecule has 0 bridgehead atoms. The molecular formula is C8H14N2S2. The topological polar surface area (TPSA) is 38.9 Å². The maximum absolute atomic E-state index is 5.56. The van der Waals surface area contributed by atoms with E-state index in [1.807, 2.05) is 18.7 Å². The Morgan fingerprint density at radius 3 is 2.83 bits per heavy atom. The van der Waals surface area contributed by atoms with Crippen molar-refractivity contribution in [3.63, 3.8) is 0 Å². The van der Waals surface area contributed by atoms with Crippen LogP contribution in [0.15, 0.2) is 0 Å². The zero-order chi connectivity index (χ0) is 8.97. The zero-order valence-electron chi connectivity index (χ0n) is 7.46. The number of thioether (sulfide) groups is 1. The molecule has 0 fully saturated rings. The smallest absolute Gasteiger partial charge is 0.103 e. The van der Waals surface area contributed by atoms with Crippen LogP contribution in [0.2, 0.25) is 0 Å². The van der Waals surface area contributed by atoms with E-state index in [0.717, 1.165) is 17.2 Å². The van der Waals surface area contributed by atoms with Gasteiger partial charge in [0.25, 0.3) is 0 Å². The number of nitrogens with two attached hydrogens (primary N) is 1. The third-order valence-electron chi connectivity index (χ3n) is 1.55. The van der Waals surface area contributed by atoms with Gasteiger partial charge in [0.2, 0.25) is 0 Å². The number of thiazole rings is 1. The van der Waals surface area contributed by atoms with E-state index >= 15 is 0 Å². The average Bonchev–Trinajstić information content (AvgIpc) is 2.43. The number of hydrogen-bond acceptors (Lipinski definition) is 4. The van der Waals surface area contributed by atoms with E-state index in [0.29, 0.717) is 6.54 Å². The molecule has 1 aromatic heterocycles. The number of aryl methyl sites for hydroxylation is 1. The maximum atomic E-state index is 5.56. The highest BCUT2D eigenvalue weighted by atomic mass is 32.2. The molecule has 0 saturated heterocycles. The molecule has 68 valence electrons. The SMILES string of the molecule is CCSCc1nc(C)c(CN)s1. The summed E-state index contributed by atoms with van der Waals surface area (Å²) < 4.78 is 0. The molecular weight excluding hydrogens is 188 g/mol. The predicted molar refractivity (Wildman–Crippen MR) is 56.6 cm³/mol. The molecule has 1 rings (SSSR count). The van der Waals surface area contributed by atoms with Crippen LogP contribution in [0.5, 0.6) is 0 Å². The van der Waals surface area contributed by atoms with E-state index in [2.05, 4.69) is 11.9 Å². The molecule has 0 amide bonds. The van der Waals surface area contributed by atoms with Crippen LogP contribution in [0.1, 0.15) is 22.5 Å². The monoisotopic (exact) mass is 202 g/mol. The molecule has 0 unspecified atom stereocenters. The van der Waals surface area contributed by atoms with E-state index in [9.17, 15) is 0 Å². The second-order valence-corrected chi connectivity index (χ2v) is 4.90. The van der Waals surface area contributed by atoms with Gasteiger partial charge in [0.15, 0.2) is 0 Å².